The molecule has 1 aromatic rings. The number of hydrogen-bond acceptors (Lipinski definition) is 2. The van der Waals surface area contributed by atoms with Crippen LogP contribution in [0.3, 0.4) is 0 Å². The second kappa shape index (κ2) is 5.29. The summed E-state index contributed by atoms with van der Waals surface area (Å²) in [5.41, 5.74) is 2.17. The summed E-state index contributed by atoms with van der Waals surface area (Å²) in [6.07, 6.45) is 0. The Morgan fingerprint density at radius 1 is 1.40 bits per heavy atom. The van der Waals surface area contributed by atoms with Crippen LogP contribution in [0, 0.1) is 18.3 Å². The molecule has 0 amide bonds. The van der Waals surface area contributed by atoms with Crippen molar-refractivity contribution in [2.45, 2.75) is 32.9 Å². The van der Waals surface area contributed by atoms with Crippen LogP contribution in [0.4, 0.5) is 0 Å². The van der Waals surface area contributed by atoms with E-state index in [0.29, 0.717) is 6.04 Å². The summed E-state index contributed by atoms with van der Waals surface area (Å²) in [5, 5.41) is 12.3. The Morgan fingerprint density at radius 2 is 2.07 bits per heavy atom. The molecule has 2 nitrogen and oxygen atoms in total. The maximum absolute atomic E-state index is 9.06. The molecule has 0 bridgehead atoms. The molecule has 0 radical (unpaired) electrons. The lowest BCUT2D eigenvalue weighted by Crippen LogP contribution is -2.27. The van der Waals surface area contributed by atoms with Crippen LogP contribution in [0.25, 0.3) is 0 Å². The van der Waals surface area contributed by atoms with E-state index >= 15 is 0 Å². The van der Waals surface area contributed by atoms with Crippen molar-refractivity contribution in [3.05, 3.63) is 33.8 Å². The van der Waals surface area contributed by atoms with Gasteiger partial charge in [0.2, 0.25) is 0 Å². The molecule has 3 heteroatoms. The van der Waals surface area contributed by atoms with Gasteiger partial charge < -0.3 is 0 Å². The predicted molar refractivity (Wildman–Crippen MR) is 65.5 cm³/mol. The molecule has 0 aliphatic rings. The largest absolute Gasteiger partial charge is 0.296 e. The summed E-state index contributed by atoms with van der Waals surface area (Å²) in [6.45, 7) is 6.10. The van der Waals surface area contributed by atoms with Crippen LogP contribution in [0.5, 0.6) is 0 Å². The first kappa shape index (κ1) is 12.2. The summed E-state index contributed by atoms with van der Waals surface area (Å²) >= 11 is 3.45. The molecule has 0 aliphatic heterocycles. The third-order valence-electron chi connectivity index (χ3n) is 2.14. The van der Waals surface area contributed by atoms with Crippen molar-refractivity contribution in [3.63, 3.8) is 0 Å². The Balaban J connectivity index is 2.94. The van der Waals surface area contributed by atoms with Crippen molar-refractivity contribution in [1.29, 1.82) is 5.26 Å². The Morgan fingerprint density at radius 3 is 2.53 bits per heavy atom. The average molecular weight is 267 g/mol. The van der Waals surface area contributed by atoms with Gasteiger partial charge in [0.05, 0.1) is 6.07 Å². The molecule has 0 saturated heterocycles. The smallest absolute Gasteiger partial charge is 0.121 e. The van der Waals surface area contributed by atoms with Crippen molar-refractivity contribution in [3.8, 4) is 6.07 Å². The molecule has 80 valence electrons. The topological polar surface area (TPSA) is 35.8 Å². The Kier molecular flexibility index (Phi) is 4.31. The fourth-order valence-electron chi connectivity index (χ4n) is 1.39. The van der Waals surface area contributed by atoms with E-state index in [4.69, 9.17) is 5.26 Å². The number of aryl methyl sites for hydroxylation is 1. The van der Waals surface area contributed by atoms with Crippen LogP contribution in [0.2, 0.25) is 0 Å². The third kappa shape index (κ3) is 3.33. The lowest BCUT2D eigenvalue weighted by Gasteiger charge is -2.15. The van der Waals surface area contributed by atoms with Gasteiger partial charge in [-0.3, -0.25) is 5.32 Å². The van der Waals surface area contributed by atoms with Crippen molar-refractivity contribution in [2.75, 3.05) is 0 Å². The van der Waals surface area contributed by atoms with E-state index < -0.39 is 0 Å². The quantitative estimate of drug-likeness (QED) is 0.911. The van der Waals surface area contributed by atoms with Crippen LogP contribution in [-0.4, -0.2) is 6.04 Å². The second-order valence-corrected chi connectivity index (χ2v) is 4.75. The summed E-state index contributed by atoms with van der Waals surface area (Å²) in [4.78, 5) is 0. The number of halogens is 1. The number of nitrogens with zero attached hydrogens (tertiary/aromatic N) is 1. The first-order chi connectivity index (χ1) is 7.04. The molecule has 0 heterocycles. The van der Waals surface area contributed by atoms with E-state index in [1.54, 1.807) is 0 Å². The van der Waals surface area contributed by atoms with E-state index in [1.165, 1.54) is 0 Å². The molecule has 0 fully saturated rings. The molecule has 1 rings (SSSR count). The monoisotopic (exact) mass is 266 g/mol. The minimum Gasteiger partial charge on any atom is -0.296 e. The van der Waals surface area contributed by atoms with Gasteiger partial charge in [-0.25, -0.2) is 0 Å². The molecule has 15 heavy (non-hydrogen) atoms. The Bertz CT molecular complexity index is 380. The molecule has 0 saturated carbocycles. The zero-order valence-electron chi connectivity index (χ0n) is 9.21. The first-order valence-electron chi connectivity index (χ1n) is 4.96. The molecular formula is C12H15BrN2. The van der Waals surface area contributed by atoms with Gasteiger partial charge in [0.25, 0.3) is 0 Å². The second-order valence-electron chi connectivity index (χ2n) is 3.89. The van der Waals surface area contributed by atoms with E-state index in [2.05, 4.69) is 27.3 Å². The van der Waals surface area contributed by atoms with E-state index in [1.807, 2.05) is 39.0 Å². The number of hydrogen-bond donors (Lipinski definition) is 1. The van der Waals surface area contributed by atoms with Gasteiger partial charge in [0.15, 0.2) is 0 Å². The van der Waals surface area contributed by atoms with Crippen LogP contribution in [0.1, 0.15) is 31.0 Å². The van der Waals surface area contributed by atoms with Gasteiger partial charge in [0.1, 0.15) is 6.04 Å². The molecule has 1 aromatic carbocycles. The summed E-state index contributed by atoms with van der Waals surface area (Å²) < 4.78 is 1.08. The van der Waals surface area contributed by atoms with Gasteiger partial charge in [-0.2, -0.15) is 5.26 Å². The first-order valence-corrected chi connectivity index (χ1v) is 5.75. The van der Waals surface area contributed by atoms with Crippen molar-refractivity contribution >= 4 is 15.9 Å². The standard InChI is InChI=1S/C12H15BrN2/c1-8(2)15-12(7-14)10-4-5-11(13)9(3)6-10/h4-6,8,12,15H,1-3H3. The molecule has 1 unspecified atom stereocenters. The minimum atomic E-state index is -0.225. The number of nitrogens with one attached hydrogen (secondary N) is 1. The highest BCUT2D eigenvalue weighted by Gasteiger charge is 2.11. The average Bonchev–Trinajstić information content (AvgIpc) is 2.18. The fourth-order valence-corrected chi connectivity index (χ4v) is 1.64. The van der Waals surface area contributed by atoms with E-state index in [-0.39, 0.29) is 6.04 Å². The zero-order valence-corrected chi connectivity index (χ0v) is 10.8. The molecule has 0 aliphatic carbocycles. The Hall–Kier alpha value is -0.850. The predicted octanol–water partition coefficient (Wildman–Crippen LogP) is 3.32. The number of nitriles is 1. The summed E-state index contributed by atoms with van der Waals surface area (Å²) in [5.74, 6) is 0. The van der Waals surface area contributed by atoms with Crippen molar-refractivity contribution < 1.29 is 0 Å². The van der Waals surface area contributed by atoms with Crippen molar-refractivity contribution in [2.24, 2.45) is 0 Å². The molecule has 0 aromatic heterocycles. The van der Waals surface area contributed by atoms with Gasteiger partial charge in [-0.05, 0) is 38.0 Å². The highest BCUT2D eigenvalue weighted by atomic mass is 79.9. The van der Waals surface area contributed by atoms with Crippen LogP contribution < -0.4 is 5.32 Å². The molecule has 1 N–H and O–H groups in total. The van der Waals surface area contributed by atoms with Crippen molar-refractivity contribution in [1.82, 2.24) is 5.32 Å². The fraction of sp³-hybridized carbons (Fsp3) is 0.417. The number of rotatable bonds is 3. The summed E-state index contributed by atoms with van der Waals surface area (Å²) in [6, 6.07) is 8.34. The van der Waals surface area contributed by atoms with Crippen LogP contribution in [0.15, 0.2) is 22.7 Å². The SMILES string of the molecule is Cc1cc(C(C#N)NC(C)C)ccc1Br. The molecule has 0 spiro atoms. The maximum atomic E-state index is 9.06. The minimum absolute atomic E-state index is 0.225. The lowest BCUT2D eigenvalue weighted by atomic mass is 10.0. The molecule has 1 atom stereocenters. The van der Waals surface area contributed by atoms with Gasteiger partial charge >= 0.3 is 0 Å². The lowest BCUT2D eigenvalue weighted by molar-refractivity contribution is 0.546. The van der Waals surface area contributed by atoms with Gasteiger partial charge in [-0.15, -0.1) is 0 Å². The van der Waals surface area contributed by atoms with Crippen LogP contribution in [-0.2, 0) is 0 Å². The zero-order chi connectivity index (χ0) is 11.4. The van der Waals surface area contributed by atoms with Gasteiger partial charge in [-0.1, -0.05) is 28.1 Å². The Labute approximate surface area is 99.4 Å². The van der Waals surface area contributed by atoms with Crippen LogP contribution >= 0.6 is 15.9 Å². The maximum Gasteiger partial charge on any atom is 0.121 e. The normalized spacial score (nSPS) is 12.5. The van der Waals surface area contributed by atoms with Gasteiger partial charge in [0, 0.05) is 10.5 Å². The third-order valence-corrected chi connectivity index (χ3v) is 3.03. The highest BCUT2D eigenvalue weighted by molar-refractivity contribution is 9.10. The highest BCUT2D eigenvalue weighted by Crippen LogP contribution is 2.21. The molecular weight excluding hydrogens is 252 g/mol. The van der Waals surface area contributed by atoms with E-state index in [0.717, 1.165) is 15.6 Å². The summed E-state index contributed by atoms with van der Waals surface area (Å²) in [7, 11) is 0. The number of benzene rings is 1. The van der Waals surface area contributed by atoms with E-state index in [9.17, 15) is 0 Å².